The standard InChI is InChI=1S/C22H40O11P2/c1-17-19(6-11-27-17)32-35(25)14-4-9-26-8-2-3-13-34(24,30-15-21-18(23)5-10-28-21)33-20-7-12-29-22(20)16-31-35/h17-23H,2-16H2,1H3/t17-,18+,19+,20+,21-,22-,34-,35+/m1/s1/i1D,10T,11T,12T/t10-,11-,12-,17+,18-,19-,20-,21+,22+,34+,35-/m0. The van der Waals surface area contributed by atoms with Gasteiger partial charge in [0.05, 0.1) is 54.1 Å². The first-order valence-electron chi connectivity index (χ1n) is 14.6. The Labute approximate surface area is 213 Å². The van der Waals surface area contributed by atoms with E-state index in [0.29, 0.717) is 32.5 Å². The SMILES string of the molecule is [2H]C[C@H]1O[C@@H]([3H])C[C@@H]1O[P@]1(=O)CCCOCCCC[P@@](=O)(OC[C@H]2O[C@@H]([3H])C[C@@H]2O)O[C@H]2C[C@H]([3H])O[C@@H]2CO1. The van der Waals surface area contributed by atoms with Crippen LogP contribution in [0.25, 0.3) is 0 Å². The summed E-state index contributed by atoms with van der Waals surface area (Å²) in [6, 6.07) is 0. The van der Waals surface area contributed by atoms with Gasteiger partial charge in [0, 0.05) is 47.2 Å². The van der Waals surface area contributed by atoms with Crippen LogP contribution in [-0.2, 0) is 46.2 Å². The molecule has 0 aliphatic carbocycles. The van der Waals surface area contributed by atoms with E-state index in [4.69, 9.17) is 42.5 Å². The molecule has 4 rings (SSSR count). The maximum atomic E-state index is 13.8. The lowest BCUT2D eigenvalue weighted by Gasteiger charge is -2.28. The van der Waals surface area contributed by atoms with E-state index in [1.165, 1.54) is 0 Å². The van der Waals surface area contributed by atoms with E-state index >= 15 is 0 Å². The molecule has 0 bridgehead atoms. The lowest BCUT2D eigenvalue weighted by molar-refractivity contribution is -0.00977. The average molecular weight is 550 g/mol. The Bertz CT molecular complexity index is 876. The van der Waals surface area contributed by atoms with Crippen LogP contribution in [-0.4, -0.2) is 100 Å². The van der Waals surface area contributed by atoms with Crippen LogP contribution < -0.4 is 0 Å². The third kappa shape index (κ3) is 8.29. The van der Waals surface area contributed by atoms with E-state index in [1.807, 2.05) is 0 Å². The number of hydrogen-bond donors (Lipinski definition) is 1. The van der Waals surface area contributed by atoms with Gasteiger partial charge in [0.2, 0.25) is 0 Å². The quantitative estimate of drug-likeness (QED) is 0.508. The van der Waals surface area contributed by atoms with Gasteiger partial charge in [-0.2, -0.15) is 0 Å². The van der Waals surface area contributed by atoms with Crippen molar-refractivity contribution in [2.45, 2.75) is 82.0 Å². The topological polar surface area (TPSA) is 128 Å². The maximum absolute atomic E-state index is 13.8. The Hall–Kier alpha value is 0.1000. The number of aliphatic hydroxyl groups is 1. The van der Waals surface area contributed by atoms with Crippen LogP contribution in [0, 0.1) is 0 Å². The molecule has 13 heteroatoms. The van der Waals surface area contributed by atoms with Gasteiger partial charge in [0.25, 0.3) is 0 Å². The molecule has 11 nitrogen and oxygen atoms in total. The molecular weight excluding hydrogens is 502 g/mol. The summed E-state index contributed by atoms with van der Waals surface area (Å²) in [5.74, 6) is 0. The normalized spacial score (nSPS) is 52.4. The molecule has 0 spiro atoms. The first kappa shape index (κ1) is 23.0. The minimum Gasteiger partial charge on any atom is -0.390 e. The van der Waals surface area contributed by atoms with Crippen LogP contribution in [0.3, 0.4) is 0 Å². The van der Waals surface area contributed by atoms with E-state index in [-0.39, 0.29) is 51.7 Å². The van der Waals surface area contributed by atoms with Gasteiger partial charge < -0.3 is 42.1 Å². The Balaban J connectivity index is 1.45. The fourth-order valence-electron chi connectivity index (χ4n) is 4.12. The van der Waals surface area contributed by atoms with Crippen molar-refractivity contribution in [1.29, 1.82) is 0 Å². The van der Waals surface area contributed by atoms with Crippen molar-refractivity contribution in [3.05, 3.63) is 0 Å². The van der Waals surface area contributed by atoms with Gasteiger partial charge in [-0.05, 0) is 32.6 Å². The summed E-state index contributed by atoms with van der Waals surface area (Å²) in [6.45, 7) is -2.68. The summed E-state index contributed by atoms with van der Waals surface area (Å²) in [5.41, 5.74) is 0. The van der Waals surface area contributed by atoms with Gasteiger partial charge >= 0.3 is 15.2 Å². The fourth-order valence-corrected chi connectivity index (χ4v) is 7.85. The summed E-state index contributed by atoms with van der Waals surface area (Å²) in [6.07, 6.45) is -2.94. The molecule has 0 aromatic rings. The molecule has 0 saturated carbocycles. The Morgan fingerprint density at radius 2 is 1.80 bits per heavy atom. The van der Waals surface area contributed by atoms with Gasteiger partial charge in [-0.15, -0.1) is 0 Å². The van der Waals surface area contributed by atoms with Gasteiger partial charge in [-0.25, -0.2) is 0 Å². The fraction of sp³-hybridized carbons (Fsp3) is 1.00. The van der Waals surface area contributed by atoms with Crippen molar-refractivity contribution in [2.24, 2.45) is 0 Å². The van der Waals surface area contributed by atoms with Crippen LogP contribution in [0.15, 0.2) is 0 Å². The van der Waals surface area contributed by atoms with E-state index in [0.717, 1.165) is 0 Å². The molecule has 0 radical (unpaired) electrons. The van der Waals surface area contributed by atoms with E-state index in [9.17, 15) is 14.2 Å². The first-order valence-corrected chi connectivity index (χ1v) is 15.7. The minimum absolute atomic E-state index is 0.0434. The monoisotopic (exact) mass is 549 g/mol. The lowest BCUT2D eigenvalue weighted by Crippen LogP contribution is -2.31. The number of aliphatic hydroxyl groups excluding tert-OH is 1. The van der Waals surface area contributed by atoms with E-state index in [1.54, 1.807) is 0 Å². The second kappa shape index (κ2) is 13.3. The second-order valence-corrected chi connectivity index (χ2v) is 13.3. The first-order chi connectivity index (χ1) is 18.6. The zero-order valence-electron chi connectivity index (χ0n) is 23.8. The number of fused-ring (bicyclic) bond motifs is 1. The summed E-state index contributed by atoms with van der Waals surface area (Å²) >= 11 is 0. The molecule has 4 saturated heterocycles. The van der Waals surface area contributed by atoms with Crippen molar-refractivity contribution in [3.8, 4) is 0 Å². The van der Waals surface area contributed by atoms with Crippen molar-refractivity contribution >= 4 is 15.2 Å². The zero-order chi connectivity index (χ0) is 28.0. The molecular formula is C22H40O11P2. The molecule has 0 aromatic heterocycles. The Morgan fingerprint density at radius 3 is 2.63 bits per heavy atom. The number of rotatable bonds is 5. The number of hydrogen-bond acceptors (Lipinski definition) is 11. The van der Waals surface area contributed by atoms with Crippen molar-refractivity contribution in [2.75, 3.05) is 58.5 Å². The smallest absolute Gasteiger partial charge is 0.331 e. The van der Waals surface area contributed by atoms with Crippen LogP contribution in [0.2, 0.25) is 0 Å². The van der Waals surface area contributed by atoms with Gasteiger partial charge in [-0.1, -0.05) is 0 Å². The highest BCUT2D eigenvalue weighted by Crippen LogP contribution is 2.54. The largest absolute Gasteiger partial charge is 0.390 e. The third-order valence-corrected chi connectivity index (χ3v) is 10.2. The summed E-state index contributed by atoms with van der Waals surface area (Å²) in [5, 5.41) is 10.1. The highest BCUT2D eigenvalue weighted by molar-refractivity contribution is 7.54. The second-order valence-electron chi connectivity index (χ2n) is 9.02. The van der Waals surface area contributed by atoms with Crippen molar-refractivity contribution in [3.63, 3.8) is 0 Å². The van der Waals surface area contributed by atoms with E-state index < -0.39 is 71.6 Å². The minimum atomic E-state index is -3.76. The number of ether oxygens (including phenoxy) is 4. The summed E-state index contributed by atoms with van der Waals surface area (Å²) in [7, 11) is -7.51. The Morgan fingerprint density at radius 1 is 1.00 bits per heavy atom. The van der Waals surface area contributed by atoms with Gasteiger partial charge in [-0.3, -0.25) is 9.13 Å². The summed E-state index contributed by atoms with van der Waals surface area (Å²) < 4.78 is 104. The molecule has 4 aliphatic rings. The zero-order valence-corrected chi connectivity index (χ0v) is 21.6. The molecule has 0 aromatic carbocycles. The average Bonchev–Trinajstić information content (AvgIpc) is 3.52. The predicted molar refractivity (Wildman–Crippen MR) is 126 cm³/mol. The predicted octanol–water partition coefficient (Wildman–Crippen LogP) is 3.12. The van der Waals surface area contributed by atoms with Crippen LogP contribution >= 0.6 is 15.2 Å². The molecule has 0 unspecified atom stereocenters. The Kier molecular flexibility index (Phi) is 8.72. The molecule has 35 heavy (non-hydrogen) atoms. The highest BCUT2D eigenvalue weighted by atomic mass is 31.2. The molecule has 4 aliphatic heterocycles. The van der Waals surface area contributed by atoms with Crippen molar-refractivity contribution < 1.29 is 56.8 Å². The molecule has 11 atom stereocenters. The van der Waals surface area contributed by atoms with Crippen LogP contribution in [0.1, 0.15) is 50.9 Å². The van der Waals surface area contributed by atoms with Crippen LogP contribution in [0.4, 0.5) is 0 Å². The van der Waals surface area contributed by atoms with E-state index in [2.05, 4.69) is 0 Å². The van der Waals surface area contributed by atoms with Gasteiger partial charge in [0.1, 0.15) is 12.2 Å². The van der Waals surface area contributed by atoms with Crippen LogP contribution in [0.5, 0.6) is 0 Å². The molecule has 1 N–H and O–H groups in total. The molecule has 204 valence electrons. The third-order valence-electron chi connectivity index (χ3n) is 6.22. The van der Waals surface area contributed by atoms with Crippen molar-refractivity contribution in [1.82, 2.24) is 0 Å². The summed E-state index contributed by atoms with van der Waals surface area (Å²) in [4.78, 5) is 0. The maximum Gasteiger partial charge on any atom is 0.331 e. The lowest BCUT2D eigenvalue weighted by atomic mass is 10.2. The molecule has 0 amide bonds. The van der Waals surface area contributed by atoms with Gasteiger partial charge in [0.15, 0.2) is 0 Å². The molecule has 4 fully saturated rings. The highest BCUT2D eigenvalue weighted by Gasteiger charge is 2.41. The molecule has 4 heterocycles.